The van der Waals surface area contributed by atoms with Crippen LogP contribution in [0.4, 0.5) is 0 Å². The first kappa shape index (κ1) is 18.0. The number of aromatic nitrogens is 2. The summed E-state index contributed by atoms with van der Waals surface area (Å²) in [6.07, 6.45) is 0.890. The summed E-state index contributed by atoms with van der Waals surface area (Å²) in [5.74, 6) is 1.25. The van der Waals surface area contributed by atoms with Crippen molar-refractivity contribution in [2.24, 2.45) is 0 Å². The van der Waals surface area contributed by atoms with E-state index in [1.54, 1.807) is 14.2 Å². The first-order valence-corrected chi connectivity index (χ1v) is 7.56. The van der Waals surface area contributed by atoms with Crippen LogP contribution in [0.15, 0.2) is 0 Å². The van der Waals surface area contributed by atoms with Gasteiger partial charge < -0.3 is 14.8 Å². The van der Waals surface area contributed by atoms with Gasteiger partial charge in [0.2, 0.25) is 0 Å². The van der Waals surface area contributed by atoms with Crippen molar-refractivity contribution in [1.29, 1.82) is 0 Å². The summed E-state index contributed by atoms with van der Waals surface area (Å²) >= 11 is 0. The average molecular weight is 295 g/mol. The van der Waals surface area contributed by atoms with Crippen molar-refractivity contribution in [2.45, 2.75) is 46.1 Å². The lowest BCUT2D eigenvalue weighted by Crippen LogP contribution is -2.25. The van der Waals surface area contributed by atoms with Crippen LogP contribution in [0.25, 0.3) is 0 Å². The van der Waals surface area contributed by atoms with Crippen LogP contribution in [-0.2, 0) is 15.9 Å². The third kappa shape index (κ3) is 5.69. The molecule has 21 heavy (non-hydrogen) atoms. The Hall–Kier alpha value is -1.04. The van der Waals surface area contributed by atoms with Gasteiger partial charge in [-0.15, -0.1) is 0 Å². The van der Waals surface area contributed by atoms with Gasteiger partial charge in [0.15, 0.2) is 0 Å². The van der Waals surface area contributed by atoms with Crippen molar-refractivity contribution in [3.05, 3.63) is 22.8 Å². The topological polar surface area (TPSA) is 56.3 Å². The predicted octanol–water partition coefficient (Wildman–Crippen LogP) is 2.01. The van der Waals surface area contributed by atoms with Gasteiger partial charge in [-0.3, -0.25) is 0 Å². The lowest BCUT2D eigenvalue weighted by atomic mass is 9.98. The van der Waals surface area contributed by atoms with Gasteiger partial charge >= 0.3 is 0 Å². The molecule has 0 radical (unpaired) electrons. The fraction of sp³-hybridized carbons (Fsp3) is 0.750. The molecular formula is C16H29N3O2. The quantitative estimate of drug-likeness (QED) is 0.706. The summed E-state index contributed by atoms with van der Waals surface area (Å²) in [6, 6.07) is 0. The van der Waals surface area contributed by atoms with Crippen molar-refractivity contribution >= 4 is 0 Å². The maximum Gasteiger partial charge on any atom is 0.131 e. The van der Waals surface area contributed by atoms with Crippen LogP contribution in [0.3, 0.4) is 0 Å². The van der Waals surface area contributed by atoms with E-state index < -0.39 is 0 Å². The Kier molecular flexibility index (Phi) is 7.78. The average Bonchev–Trinajstić information content (AvgIpc) is 2.42. The van der Waals surface area contributed by atoms with Crippen LogP contribution < -0.4 is 5.32 Å². The standard InChI is InChI=1S/C16H29N3O2/c1-11(10-17-7-8-20-5)16-13(3)18-15(19-14(16)4)9-12(2)21-6/h11-12,17H,7-10H2,1-6H3. The minimum absolute atomic E-state index is 0.141. The highest BCUT2D eigenvalue weighted by molar-refractivity contribution is 5.28. The molecular weight excluding hydrogens is 266 g/mol. The molecule has 1 aromatic rings. The highest BCUT2D eigenvalue weighted by Gasteiger charge is 2.16. The van der Waals surface area contributed by atoms with E-state index in [-0.39, 0.29) is 6.10 Å². The van der Waals surface area contributed by atoms with Crippen molar-refractivity contribution in [2.75, 3.05) is 33.9 Å². The van der Waals surface area contributed by atoms with E-state index >= 15 is 0 Å². The third-order valence-corrected chi connectivity index (χ3v) is 3.67. The molecule has 0 spiro atoms. The summed E-state index contributed by atoms with van der Waals surface area (Å²) in [7, 11) is 3.43. The van der Waals surface area contributed by atoms with Crippen LogP contribution in [-0.4, -0.2) is 50.0 Å². The van der Waals surface area contributed by atoms with E-state index in [9.17, 15) is 0 Å². The summed E-state index contributed by atoms with van der Waals surface area (Å²) in [4.78, 5) is 9.29. The third-order valence-electron chi connectivity index (χ3n) is 3.67. The molecule has 0 aliphatic carbocycles. The number of aryl methyl sites for hydroxylation is 2. The van der Waals surface area contributed by atoms with Gasteiger partial charge in [0.1, 0.15) is 5.82 Å². The minimum atomic E-state index is 0.141. The van der Waals surface area contributed by atoms with Gasteiger partial charge in [-0.25, -0.2) is 9.97 Å². The monoisotopic (exact) mass is 295 g/mol. The van der Waals surface area contributed by atoms with Gasteiger partial charge in [-0.05, 0) is 32.3 Å². The van der Waals surface area contributed by atoms with E-state index in [1.807, 2.05) is 6.92 Å². The second kappa shape index (κ2) is 9.07. The molecule has 1 N–H and O–H groups in total. The second-order valence-corrected chi connectivity index (χ2v) is 5.57. The largest absolute Gasteiger partial charge is 0.383 e. The molecule has 0 saturated heterocycles. The van der Waals surface area contributed by atoms with Crippen molar-refractivity contribution in [3.8, 4) is 0 Å². The molecule has 0 saturated carbocycles. The Labute approximate surface area is 128 Å². The number of methoxy groups -OCH3 is 2. The van der Waals surface area contributed by atoms with Crippen molar-refractivity contribution in [3.63, 3.8) is 0 Å². The van der Waals surface area contributed by atoms with E-state index in [0.717, 1.165) is 43.3 Å². The molecule has 1 rings (SSSR count). The summed E-state index contributed by atoms with van der Waals surface area (Å²) in [5, 5.41) is 3.39. The van der Waals surface area contributed by atoms with E-state index in [4.69, 9.17) is 9.47 Å². The Balaban J connectivity index is 2.74. The fourth-order valence-electron chi connectivity index (χ4n) is 2.53. The predicted molar refractivity (Wildman–Crippen MR) is 84.8 cm³/mol. The van der Waals surface area contributed by atoms with Crippen molar-refractivity contribution < 1.29 is 9.47 Å². The Morgan fingerprint density at radius 3 is 2.24 bits per heavy atom. The maximum atomic E-state index is 5.29. The maximum absolute atomic E-state index is 5.29. The zero-order valence-corrected chi connectivity index (χ0v) is 14.2. The van der Waals surface area contributed by atoms with Crippen LogP contribution in [0.5, 0.6) is 0 Å². The molecule has 0 fully saturated rings. The van der Waals surface area contributed by atoms with Gasteiger partial charge in [0, 0.05) is 45.1 Å². The number of hydrogen-bond donors (Lipinski definition) is 1. The molecule has 5 heteroatoms. The molecule has 0 amide bonds. The molecule has 5 nitrogen and oxygen atoms in total. The first-order chi connectivity index (χ1) is 9.99. The molecule has 1 aromatic heterocycles. The van der Waals surface area contributed by atoms with Crippen LogP contribution >= 0.6 is 0 Å². The molecule has 0 aromatic carbocycles. The molecule has 0 aliphatic heterocycles. The van der Waals surface area contributed by atoms with E-state index in [2.05, 4.69) is 36.1 Å². The lowest BCUT2D eigenvalue weighted by Gasteiger charge is -2.18. The number of hydrogen-bond acceptors (Lipinski definition) is 5. The highest BCUT2D eigenvalue weighted by atomic mass is 16.5. The lowest BCUT2D eigenvalue weighted by molar-refractivity contribution is 0.117. The smallest absolute Gasteiger partial charge is 0.131 e. The van der Waals surface area contributed by atoms with E-state index in [0.29, 0.717) is 5.92 Å². The number of rotatable bonds is 9. The minimum Gasteiger partial charge on any atom is -0.383 e. The van der Waals surface area contributed by atoms with Gasteiger partial charge in [0.25, 0.3) is 0 Å². The number of nitrogens with one attached hydrogen (secondary N) is 1. The molecule has 1 heterocycles. The summed E-state index contributed by atoms with van der Waals surface area (Å²) in [5.41, 5.74) is 3.39. The van der Waals surface area contributed by atoms with Crippen LogP contribution in [0, 0.1) is 13.8 Å². The molecule has 2 unspecified atom stereocenters. The van der Waals surface area contributed by atoms with Crippen LogP contribution in [0.2, 0.25) is 0 Å². The molecule has 120 valence electrons. The summed E-state index contributed by atoms with van der Waals surface area (Å²) < 4.78 is 10.3. The van der Waals surface area contributed by atoms with Gasteiger partial charge in [0.05, 0.1) is 12.7 Å². The summed E-state index contributed by atoms with van der Waals surface area (Å²) in [6.45, 7) is 10.9. The SMILES string of the molecule is COCCNCC(C)c1c(C)nc(CC(C)OC)nc1C. The number of ether oxygens (including phenoxy) is 2. The van der Waals surface area contributed by atoms with Gasteiger partial charge in [-0.1, -0.05) is 6.92 Å². The molecule has 0 bridgehead atoms. The Morgan fingerprint density at radius 1 is 1.10 bits per heavy atom. The second-order valence-electron chi connectivity index (χ2n) is 5.57. The molecule has 0 aliphatic rings. The number of nitrogens with zero attached hydrogens (tertiary/aromatic N) is 2. The van der Waals surface area contributed by atoms with Crippen LogP contribution in [0.1, 0.15) is 42.5 Å². The van der Waals surface area contributed by atoms with Gasteiger partial charge in [-0.2, -0.15) is 0 Å². The zero-order chi connectivity index (χ0) is 15.8. The van der Waals surface area contributed by atoms with Crippen molar-refractivity contribution in [1.82, 2.24) is 15.3 Å². The fourth-order valence-corrected chi connectivity index (χ4v) is 2.53. The Bertz CT molecular complexity index is 415. The zero-order valence-electron chi connectivity index (χ0n) is 14.2. The highest BCUT2D eigenvalue weighted by Crippen LogP contribution is 2.21. The molecule has 2 atom stereocenters. The first-order valence-electron chi connectivity index (χ1n) is 7.56. The van der Waals surface area contributed by atoms with E-state index in [1.165, 1.54) is 5.56 Å². The normalized spacial score (nSPS) is 14.2. The Morgan fingerprint density at radius 2 is 1.71 bits per heavy atom.